The molecule has 5 heteroatoms. The summed E-state index contributed by atoms with van der Waals surface area (Å²) in [5.74, 6) is 2.92. The predicted molar refractivity (Wildman–Crippen MR) is 95.0 cm³/mol. The van der Waals surface area contributed by atoms with Crippen LogP contribution in [0.2, 0.25) is 0 Å². The standard InChI is InChI=1S/C21H33NO4/c1-3-20(4-2-15(1)14-22-5-7-23-8-6-22)24-21(26-25-20)18-10-16-9-17(12-18)13-19(21)11-16/h15-19H,1-14H2/t15-,16?,17?,18?,19?,20+,21-. The van der Waals surface area contributed by atoms with Crippen LogP contribution in [0.25, 0.3) is 0 Å². The molecule has 5 saturated carbocycles. The Kier molecular flexibility index (Phi) is 3.96. The molecule has 7 fully saturated rings. The van der Waals surface area contributed by atoms with Crippen LogP contribution in [-0.4, -0.2) is 49.3 Å². The summed E-state index contributed by atoms with van der Waals surface area (Å²) >= 11 is 0. The maximum atomic E-state index is 6.81. The Balaban J connectivity index is 1.10. The summed E-state index contributed by atoms with van der Waals surface area (Å²) in [6, 6.07) is 0. The van der Waals surface area contributed by atoms with Crippen LogP contribution in [-0.2, 0) is 19.2 Å². The van der Waals surface area contributed by atoms with Crippen molar-refractivity contribution in [2.45, 2.75) is 69.4 Å². The third-order valence-electron chi connectivity index (χ3n) is 8.43. The van der Waals surface area contributed by atoms with Gasteiger partial charge in [-0.2, -0.15) is 9.78 Å². The Morgan fingerprint density at radius 3 is 2.12 bits per heavy atom. The lowest BCUT2D eigenvalue weighted by atomic mass is 9.53. The first-order valence-electron chi connectivity index (χ1n) is 11.1. The number of morpholine rings is 1. The minimum Gasteiger partial charge on any atom is -0.379 e. The van der Waals surface area contributed by atoms with Crippen molar-refractivity contribution in [3.63, 3.8) is 0 Å². The molecule has 0 atom stereocenters. The van der Waals surface area contributed by atoms with E-state index in [1.54, 1.807) is 0 Å². The zero-order chi connectivity index (χ0) is 17.2. The Morgan fingerprint density at radius 1 is 0.808 bits per heavy atom. The van der Waals surface area contributed by atoms with Crippen molar-refractivity contribution in [1.82, 2.24) is 4.90 Å². The van der Waals surface area contributed by atoms with Crippen molar-refractivity contribution in [2.75, 3.05) is 32.8 Å². The predicted octanol–water partition coefficient (Wildman–Crippen LogP) is 3.34. The van der Waals surface area contributed by atoms with Gasteiger partial charge in [0.15, 0.2) is 0 Å². The summed E-state index contributed by atoms with van der Waals surface area (Å²) in [7, 11) is 0. The largest absolute Gasteiger partial charge is 0.379 e. The molecule has 5 nitrogen and oxygen atoms in total. The molecule has 0 N–H and O–H groups in total. The van der Waals surface area contributed by atoms with Crippen molar-refractivity contribution < 1.29 is 19.2 Å². The first kappa shape index (κ1) is 16.7. The molecule has 5 aliphatic carbocycles. The van der Waals surface area contributed by atoms with Crippen LogP contribution in [0, 0.1) is 29.6 Å². The van der Waals surface area contributed by atoms with Gasteiger partial charge < -0.3 is 9.47 Å². The SMILES string of the molecule is C1CN(C[C@H]2CC[C@]3(CC2)OO[C@]2(O3)C3CC4CC(C3)CC2C4)CCO1. The highest BCUT2D eigenvalue weighted by molar-refractivity contribution is 5.05. The van der Waals surface area contributed by atoms with Gasteiger partial charge in [-0.1, -0.05) is 0 Å². The number of hydrogen-bond donors (Lipinski definition) is 0. The van der Waals surface area contributed by atoms with Gasteiger partial charge >= 0.3 is 0 Å². The first-order chi connectivity index (χ1) is 12.7. The summed E-state index contributed by atoms with van der Waals surface area (Å²) in [5.41, 5.74) is 0. The van der Waals surface area contributed by atoms with Gasteiger partial charge in [-0.05, 0) is 62.7 Å². The third kappa shape index (κ3) is 2.61. The second kappa shape index (κ2) is 6.15. The van der Waals surface area contributed by atoms with E-state index in [-0.39, 0.29) is 0 Å². The molecule has 26 heavy (non-hydrogen) atoms. The lowest BCUT2D eigenvalue weighted by Crippen LogP contribution is -2.59. The number of hydrogen-bond acceptors (Lipinski definition) is 5. The molecule has 4 bridgehead atoms. The van der Waals surface area contributed by atoms with E-state index in [2.05, 4.69) is 4.90 Å². The Hall–Kier alpha value is -0.200. The highest BCUT2D eigenvalue weighted by Crippen LogP contribution is 2.63. The van der Waals surface area contributed by atoms with E-state index in [9.17, 15) is 0 Å². The third-order valence-corrected chi connectivity index (χ3v) is 8.43. The molecule has 0 aromatic carbocycles. The van der Waals surface area contributed by atoms with E-state index in [4.69, 9.17) is 19.2 Å². The number of ether oxygens (including phenoxy) is 2. The Labute approximate surface area is 156 Å². The zero-order valence-corrected chi connectivity index (χ0v) is 15.9. The van der Waals surface area contributed by atoms with Crippen molar-refractivity contribution >= 4 is 0 Å². The molecule has 0 unspecified atom stereocenters. The highest BCUT2D eigenvalue weighted by Gasteiger charge is 2.66. The Bertz CT molecular complexity index is 510. The molecule has 7 aliphatic rings. The van der Waals surface area contributed by atoms with Gasteiger partial charge in [0.1, 0.15) is 0 Å². The summed E-state index contributed by atoms with van der Waals surface area (Å²) in [6.07, 6.45) is 11.0. The van der Waals surface area contributed by atoms with Crippen LogP contribution < -0.4 is 0 Å². The maximum absolute atomic E-state index is 6.81. The minimum atomic E-state index is -0.448. The van der Waals surface area contributed by atoms with Gasteiger partial charge in [-0.3, -0.25) is 4.90 Å². The molecule has 2 heterocycles. The number of rotatable bonds is 2. The average Bonchev–Trinajstić information content (AvgIpc) is 3.03. The molecule has 2 spiro atoms. The molecule has 7 rings (SSSR count). The second-order valence-corrected chi connectivity index (χ2v) is 10.1. The molecular formula is C21H33NO4. The summed E-state index contributed by atoms with van der Waals surface area (Å²) in [6.45, 7) is 5.17. The van der Waals surface area contributed by atoms with E-state index < -0.39 is 11.6 Å². The fourth-order valence-electron chi connectivity index (χ4n) is 7.24. The summed E-state index contributed by atoms with van der Waals surface area (Å²) < 4.78 is 12.3. The average molecular weight is 363 g/mol. The monoisotopic (exact) mass is 363 g/mol. The molecule has 0 aromatic rings. The topological polar surface area (TPSA) is 40.2 Å². The van der Waals surface area contributed by atoms with Crippen LogP contribution in [0.1, 0.15) is 57.8 Å². The number of nitrogens with zero attached hydrogens (tertiary/aromatic N) is 1. The first-order valence-corrected chi connectivity index (χ1v) is 11.1. The van der Waals surface area contributed by atoms with Gasteiger partial charge in [0.2, 0.25) is 11.6 Å². The fourth-order valence-corrected chi connectivity index (χ4v) is 7.24. The van der Waals surface area contributed by atoms with Crippen LogP contribution in [0.15, 0.2) is 0 Å². The molecule has 146 valence electrons. The minimum absolute atomic E-state index is 0.398. The molecular weight excluding hydrogens is 330 g/mol. The van der Waals surface area contributed by atoms with Crippen molar-refractivity contribution in [3.8, 4) is 0 Å². The Morgan fingerprint density at radius 2 is 1.46 bits per heavy atom. The smallest absolute Gasteiger partial charge is 0.210 e. The lowest BCUT2D eigenvalue weighted by Gasteiger charge is -2.57. The molecule has 2 saturated heterocycles. The fraction of sp³-hybridized carbons (Fsp3) is 1.00. The van der Waals surface area contributed by atoms with Gasteiger partial charge in [-0.25, -0.2) is 0 Å². The van der Waals surface area contributed by atoms with Crippen LogP contribution in [0.3, 0.4) is 0 Å². The molecule has 2 aliphatic heterocycles. The van der Waals surface area contributed by atoms with Gasteiger partial charge in [-0.15, -0.1) is 0 Å². The lowest BCUT2D eigenvalue weighted by molar-refractivity contribution is -0.390. The molecule has 0 amide bonds. The van der Waals surface area contributed by atoms with Crippen molar-refractivity contribution in [3.05, 3.63) is 0 Å². The van der Waals surface area contributed by atoms with E-state index in [0.29, 0.717) is 11.8 Å². The van der Waals surface area contributed by atoms with Crippen LogP contribution in [0.5, 0.6) is 0 Å². The summed E-state index contributed by atoms with van der Waals surface area (Å²) in [5, 5.41) is 0. The normalized spacial score (nSPS) is 53.8. The zero-order valence-electron chi connectivity index (χ0n) is 15.9. The van der Waals surface area contributed by atoms with Crippen LogP contribution >= 0.6 is 0 Å². The van der Waals surface area contributed by atoms with Gasteiger partial charge in [0.25, 0.3) is 0 Å². The highest BCUT2D eigenvalue weighted by atomic mass is 17.3. The summed E-state index contributed by atoms with van der Waals surface area (Å²) in [4.78, 5) is 14.8. The molecule has 0 radical (unpaired) electrons. The molecule has 0 aromatic heterocycles. The second-order valence-electron chi connectivity index (χ2n) is 10.1. The van der Waals surface area contributed by atoms with E-state index >= 15 is 0 Å². The van der Waals surface area contributed by atoms with Gasteiger partial charge in [0.05, 0.1) is 13.2 Å². The van der Waals surface area contributed by atoms with E-state index in [1.807, 2.05) is 0 Å². The van der Waals surface area contributed by atoms with Crippen molar-refractivity contribution in [1.29, 1.82) is 0 Å². The van der Waals surface area contributed by atoms with Crippen molar-refractivity contribution in [2.24, 2.45) is 29.6 Å². The maximum Gasteiger partial charge on any atom is 0.210 e. The van der Waals surface area contributed by atoms with Crippen LogP contribution in [0.4, 0.5) is 0 Å². The van der Waals surface area contributed by atoms with Gasteiger partial charge in [0, 0.05) is 44.3 Å². The van der Waals surface area contributed by atoms with E-state index in [0.717, 1.165) is 56.9 Å². The van der Waals surface area contributed by atoms with E-state index in [1.165, 1.54) is 51.5 Å². The quantitative estimate of drug-likeness (QED) is 0.704.